The van der Waals surface area contributed by atoms with E-state index >= 15 is 0 Å². The Kier molecular flexibility index (Phi) is 4.39. The van der Waals surface area contributed by atoms with E-state index in [4.69, 9.17) is 14.4 Å². The smallest absolute Gasteiger partial charge is 0.329 e. The molecule has 8 heteroatoms. The van der Waals surface area contributed by atoms with Gasteiger partial charge in [0.05, 0.1) is 30.0 Å². The molecule has 124 valence electrons. The van der Waals surface area contributed by atoms with Crippen molar-refractivity contribution in [1.82, 2.24) is 15.2 Å². The second-order valence-electron chi connectivity index (χ2n) is 5.05. The molecule has 0 saturated carbocycles. The van der Waals surface area contributed by atoms with Crippen molar-refractivity contribution in [3.8, 4) is 23.3 Å². The quantitative estimate of drug-likeness (QED) is 0.660. The van der Waals surface area contributed by atoms with Gasteiger partial charge in [0.15, 0.2) is 0 Å². The second-order valence-corrected chi connectivity index (χ2v) is 5.05. The molecule has 0 unspecified atom stereocenters. The number of nitriles is 1. The minimum absolute atomic E-state index is 0.0000128. The summed E-state index contributed by atoms with van der Waals surface area (Å²) in [7, 11) is 1.50. The lowest BCUT2D eigenvalue weighted by Gasteiger charge is -2.12. The molecule has 2 heterocycles. The molecule has 0 N–H and O–H groups in total. The maximum atomic E-state index is 11.5. The Labute approximate surface area is 143 Å². The Balaban J connectivity index is 2.02. The van der Waals surface area contributed by atoms with Crippen LogP contribution >= 0.6 is 0 Å². The van der Waals surface area contributed by atoms with Gasteiger partial charge in [-0.05, 0) is 37.3 Å². The van der Waals surface area contributed by atoms with E-state index in [0.29, 0.717) is 29.0 Å². The minimum Gasteiger partial charge on any atom is -0.496 e. The molecule has 0 aliphatic rings. The van der Waals surface area contributed by atoms with E-state index < -0.39 is 0 Å². The first-order valence-electron chi connectivity index (χ1n) is 7.25. The molecule has 25 heavy (non-hydrogen) atoms. The van der Waals surface area contributed by atoms with E-state index in [1.54, 1.807) is 36.5 Å². The first-order valence-corrected chi connectivity index (χ1v) is 7.25. The van der Waals surface area contributed by atoms with E-state index in [1.807, 2.05) is 13.0 Å². The normalized spacial score (nSPS) is 10.1. The van der Waals surface area contributed by atoms with Crippen LogP contribution in [-0.4, -0.2) is 28.7 Å². The van der Waals surface area contributed by atoms with Crippen molar-refractivity contribution < 1.29 is 13.9 Å². The molecular weight excluding hydrogens is 322 g/mol. The number of carbonyl (C=O) groups excluding carboxylic acids is 1. The molecule has 3 aromatic rings. The lowest BCUT2D eigenvalue weighted by molar-refractivity contribution is -0.107. The van der Waals surface area contributed by atoms with E-state index in [9.17, 15) is 4.79 Å². The minimum atomic E-state index is 0.0000128. The van der Waals surface area contributed by atoms with Crippen molar-refractivity contribution in [2.24, 2.45) is 0 Å². The van der Waals surface area contributed by atoms with Crippen molar-refractivity contribution in [2.75, 3.05) is 12.0 Å². The second kappa shape index (κ2) is 6.80. The molecule has 0 bridgehead atoms. The lowest BCUT2D eigenvalue weighted by atomic mass is 10.1. The van der Waals surface area contributed by atoms with Crippen molar-refractivity contribution in [2.45, 2.75) is 6.92 Å². The van der Waals surface area contributed by atoms with Crippen molar-refractivity contribution >= 4 is 18.1 Å². The molecule has 1 aromatic carbocycles. The van der Waals surface area contributed by atoms with Gasteiger partial charge in [0.2, 0.25) is 6.41 Å². The van der Waals surface area contributed by atoms with E-state index in [2.05, 4.69) is 15.2 Å². The number of benzene rings is 1. The van der Waals surface area contributed by atoms with Crippen LogP contribution in [-0.2, 0) is 4.79 Å². The molecule has 0 spiro atoms. The number of pyridine rings is 1. The molecular formula is C17H13N5O3. The number of anilines is 2. The van der Waals surface area contributed by atoms with Crippen molar-refractivity contribution in [3.05, 3.63) is 47.8 Å². The number of carbonyl (C=O) groups is 1. The van der Waals surface area contributed by atoms with Gasteiger partial charge in [0, 0.05) is 11.9 Å². The molecule has 3 rings (SSSR count). The summed E-state index contributed by atoms with van der Waals surface area (Å²) in [6.07, 6.45) is 2.16. The first kappa shape index (κ1) is 16.1. The number of amides is 1. The zero-order valence-electron chi connectivity index (χ0n) is 13.5. The zero-order valence-corrected chi connectivity index (χ0v) is 13.5. The molecule has 0 aliphatic carbocycles. The number of methoxy groups -OCH3 is 1. The summed E-state index contributed by atoms with van der Waals surface area (Å²) < 4.78 is 10.9. The molecule has 8 nitrogen and oxygen atoms in total. The topological polar surface area (TPSA) is 105 Å². The highest BCUT2D eigenvalue weighted by Crippen LogP contribution is 2.32. The Morgan fingerprint density at radius 3 is 2.80 bits per heavy atom. The Hall–Kier alpha value is -3.73. The summed E-state index contributed by atoms with van der Waals surface area (Å²) in [5, 5.41) is 16.9. The highest BCUT2D eigenvalue weighted by atomic mass is 16.5. The first-order chi connectivity index (χ1) is 12.2. The van der Waals surface area contributed by atoms with Crippen LogP contribution in [0.3, 0.4) is 0 Å². The number of aromatic nitrogens is 3. The number of aryl methyl sites for hydroxylation is 1. The van der Waals surface area contributed by atoms with Crippen LogP contribution in [0.2, 0.25) is 0 Å². The average molecular weight is 335 g/mol. The van der Waals surface area contributed by atoms with Gasteiger partial charge in [-0.2, -0.15) is 5.26 Å². The van der Waals surface area contributed by atoms with Gasteiger partial charge in [-0.1, -0.05) is 5.10 Å². The number of hydrogen-bond acceptors (Lipinski definition) is 7. The van der Waals surface area contributed by atoms with Crippen molar-refractivity contribution in [1.29, 1.82) is 5.26 Å². The molecule has 0 atom stereocenters. The molecule has 0 saturated heterocycles. The molecule has 0 aliphatic heterocycles. The number of rotatable bonds is 5. The monoisotopic (exact) mass is 335 g/mol. The van der Waals surface area contributed by atoms with Gasteiger partial charge in [0.1, 0.15) is 5.75 Å². The number of nitrogens with zero attached hydrogens (tertiary/aromatic N) is 5. The summed E-state index contributed by atoms with van der Waals surface area (Å²) in [6, 6.07) is 10.3. The van der Waals surface area contributed by atoms with Crippen LogP contribution in [0.1, 0.15) is 11.3 Å². The van der Waals surface area contributed by atoms with E-state index in [0.717, 1.165) is 5.69 Å². The highest BCUT2D eigenvalue weighted by Gasteiger charge is 2.19. The van der Waals surface area contributed by atoms with Gasteiger partial charge in [-0.15, -0.1) is 5.10 Å². The Bertz CT molecular complexity index is 961. The summed E-state index contributed by atoms with van der Waals surface area (Å²) in [5.74, 6) is 0.619. The van der Waals surface area contributed by atoms with Crippen LogP contribution in [0.4, 0.5) is 11.7 Å². The molecule has 0 fully saturated rings. The summed E-state index contributed by atoms with van der Waals surface area (Å²) in [4.78, 5) is 16.8. The molecule has 0 radical (unpaired) electrons. The van der Waals surface area contributed by atoms with E-state index in [1.165, 1.54) is 12.0 Å². The lowest BCUT2D eigenvalue weighted by Crippen LogP contribution is -2.14. The van der Waals surface area contributed by atoms with E-state index in [-0.39, 0.29) is 11.9 Å². The van der Waals surface area contributed by atoms with Crippen LogP contribution < -0.4 is 9.64 Å². The van der Waals surface area contributed by atoms with Gasteiger partial charge < -0.3 is 9.15 Å². The maximum absolute atomic E-state index is 11.5. The van der Waals surface area contributed by atoms with Crippen molar-refractivity contribution in [3.63, 3.8) is 0 Å². The zero-order chi connectivity index (χ0) is 17.8. The van der Waals surface area contributed by atoms with Crippen LogP contribution in [0.15, 0.2) is 40.9 Å². The fraction of sp³-hybridized carbons (Fsp3) is 0.118. The number of ether oxygens (including phenoxy) is 1. The number of hydrogen-bond donors (Lipinski definition) is 0. The highest BCUT2D eigenvalue weighted by molar-refractivity contribution is 5.83. The predicted octanol–water partition coefficient (Wildman–Crippen LogP) is 2.61. The van der Waals surface area contributed by atoms with Crippen LogP contribution in [0.25, 0.3) is 11.5 Å². The fourth-order valence-electron chi connectivity index (χ4n) is 2.26. The van der Waals surface area contributed by atoms with Gasteiger partial charge in [0.25, 0.3) is 5.89 Å². The Morgan fingerprint density at radius 1 is 1.28 bits per heavy atom. The molecule has 1 amide bonds. The standard InChI is InChI=1S/C17H13N5O3/c1-11-7-13(5-6-19-11)22(10-23)17-21-20-16(25-17)14-8-12(9-18)3-4-15(14)24-2/h3-8,10H,1-2H3. The summed E-state index contributed by atoms with van der Waals surface area (Å²) >= 11 is 0. The average Bonchev–Trinajstić information content (AvgIpc) is 3.11. The molecule has 2 aromatic heterocycles. The van der Waals surface area contributed by atoms with Gasteiger partial charge >= 0.3 is 6.01 Å². The fourth-order valence-corrected chi connectivity index (χ4v) is 2.26. The van der Waals surface area contributed by atoms with Gasteiger partial charge in [-0.3, -0.25) is 9.78 Å². The largest absolute Gasteiger partial charge is 0.496 e. The third kappa shape index (κ3) is 3.16. The summed E-state index contributed by atoms with van der Waals surface area (Å²) in [6.45, 7) is 1.81. The summed E-state index contributed by atoms with van der Waals surface area (Å²) in [5.41, 5.74) is 2.19. The van der Waals surface area contributed by atoms with Crippen LogP contribution in [0.5, 0.6) is 5.75 Å². The maximum Gasteiger partial charge on any atom is 0.329 e. The predicted molar refractivity (Wildman–Crippen MR) is 88.2 cm³/mol. The van der Waals surface area contributed by atoms with Gasteiger partial charge in [-0.25, -0.2) is 4.90 Å². The Morgan fingerprint density at radius 2 is 2.12 bits per heavy atom. The SMILES string of the molecule is COc1ccc(C#N)cc1-c1nnc(N(C=O)c2ccnc(C)c2)o1. The third-order valence-electron chi connectivity index (χ3n) is 3.44. The van der Waals surface area contributed by atoms with Crippen LogP contribution in [0, 0.1) is 18.3 Å². The third-order valence-corrected chi connectivity index (χ3v) is 3.44.